The molecule has 0 saturated heterocycles. The van der Waals surface area contributed by atoms with Crippen LogP contribution in [0, 0.1) is 17.2 Å². The molecule has 0 radical (unpaired) electrons. The van der Waals surface area contributed by atoms with Crippen LogP contribution in [-0.2, 0) is 23.1 Å². The number of carbonyl (C=O) groups excluding carboxylic acids is 1. The molecule has 3 atom stereocenters. The molecule has 0 unspecified atom stereocenters. The fraction of sp³-hybridized carbons (Fsp3) is 0.407. The summed E-state index contributed by atoms with van der Waals surface area (Å²) in [5.41, 5.74) is 2.22. The van der Waals surface area contributed by atoms with Crippen LogP contribution in [0.2, 0.25) is 0 Å². The third-order valence-corrected chi connectivity index (χ3v) is 7.33. The molecule has 2 aliphatic rings. The van der Waals surface area contributed by atoms with Gasteiger partial charge in [0.1, 0.15) is 11.4 Å². The fourth-order valence-corrected chi connectivity index (χ4v) is 5.75. The highest BCUT2D eigenvalue weighted by Crippen LogP contribution is 2.54. The molecule has 1 aromatic carbocycles. The van der Waals surface area contributed by atoms with Gasteiger partial charge in [0, 0.05) is 29.7 Å². The number of aromatic hydroxyl groups is 1. The molecule has 172 valence electrons. The molecule has 6 heteroatoms. The molecule has 2 aromatic rings. The van der Waals surface area contributed by atoms with Crippen molar-refractivity contribution in [1.82, 2.24) is 10.3 Å². The van der Waals surface area contributed by atoms with E-state index in [0.717, 1.165) is 36.8 Å². The van der Waals surface area contributed by atoms with Crippen LogP contribution in [0.1, 0.15) is 48.8 Å². The largest absolute Gasteiger partial charge is 0.508 e. The summed E-state index contributed by atoms with van der Waals surface area (Å²) in [5.74, 6) is 3.17. The maximum absolute atomic E-state index is 12.4. The van der Waals surface area contributed by atoms with Crippen molar-refractivity contribution < 1.29 is 15.0 Å². The number of carbonyl (C=O) groups is 1. The summed E-state index contributed by atoms with van der Waals surface area (Å²) < 4.78 is 0. The zero-order valence-corrected chi connectivity index (χ0v) is 19.3. The molecule has 3 N–H and O–H groups in total. The first kappa shape index (κ1) is 23.4. The summed E-state index contributed by atoms with van der Waals surface area (Å²) in [6.07, 6.45) is 12.1. The van der Waals surface area contributed by atoms with E-state index in [4.69, 9.17) is 11.6 Å². The minimum absolute atomic E-state index is 0.112. The first-order valence-electron chi connectivity index (χ1n) is 11.4. The number of nitrogens with zero attached hydrogens (tertiary/aromatic N) is 1. The predicted molar refractivity (Wildman–Crippen MR) is 129 cm³/mol. The van der Waals surface area contributed by atoms with Gasteiger partial charge in [-0.15, -0.1) is 0 Å². The van der Waals surface area contributed by atoms with Crippen molar-refractivity contribution in [2.45, 2.75) is 56.0 Å². The number of halogens is 1. The van der Waals surface area contributed by atoms with Gasteiger partial charge in [-0.3, -0.25) is 9.78 Å². The molecule has 0 aliphatic heterocycles. The summed E-state index contributed by atoms with van der Waals surface area (Å²) >= 11 is 5.62. The minimum atomic E-state index is -1.07. The van der Waals surface area contributed by atoms with Gasteiger partial charge < -0.3 is 15.5 Å². The summed E-state index contributed by atoms with van der Waals surface area (Å²) in [7, 11) is 0. The number of rotatable bonds is 6. The summed E-state index contributed by atoms with van der Waals surface area (Å²) in [5, 5.41) is 26.2. The molecule has 0 spiro atoms. The molecule has 1 heterocycles. The molecule has 0 bridgehead atoms. The van der Waals surface area contributed by atoms with Gasteiger partial charge in [-0.05, 0) is 109 Å². The van der Waals surface area contributed by atoms with Gasteiger partial charge in [0.25, 0.3) is 0 Å². The van der Waals surface area contributed by atoms with E-state index in [9.17, 15) is 15.0 Å². The van der Waals surface area contributed by atoms with Crippen LogP contribution in [0.25, 0.3) is 0 Å². The second-order valence-corrected chi connectivity index (χ2v) is 9.38. The van der Waals surface area contributed by atoms with E-state index in [0.29, 0.717) is 25.8 Å². The molecule has 1 aromatic heterocycles. The van der Waals surface area contributed by atoms with Crippen molar-refractivity contribution in [3.63, 3.8) is 0 Å². The third kappa shape index (κ3) is 5.24. The molecular weight excluding hydrogens is 436 g/mol. The van der Waals surface area contributed by atoms with Crippen LogP contribution >= 0.6 is 11.6 Å². The molecular formula is C27H29ClN2O3. The van der Waals surface area contributed by atoms with Crippen LogP contribution in [-0.4, -0.2) is 33.3 Å². The van der Waals surface area contributed by atoms with Crippen molar-refractivity contribution in [1.29, 1.82) is 0 Å². The monoisotopic (exact) mass is 464 g/mol. The van der Waals surface area contributed by atoms with Gasteiger partial charge in [0.15, 0.2) is 0 Å². The first-order chi connectivity index (χ1) is 15.9. The lowest BCUT2D eigenvalue weighted by atomic mass is 9.53. The number of aryl methyl sites for hydroxylation is 1. The smallest absolute Gasteiger partial charge is 0.243 e. The third-order valence-electron chi connectivity index (χ3n) is 7.23. The predicted octanol–water partition coefficient (Wildman–Crippen LogP) is 4.01. The highest BCUT2D eigenvalue weighted by molar-refractivity contribution is 6.30. The van der Waals surface area contributed by atoms with E-state index in [2.05, 4.69) is 21.6 Å². The van der Waals surface area contributed by atoms with E-state index in [1.807, 2.05) is 30.3 Å². The molecule has 4 rings (SSSR count). The minimum Gasteiger partial charge on any atom is -0.508 e. The van der Waals surface area contributed by atoms with Crippen LogP contribution in [0.15, 0.2) is 54.9 Å². The molecule has 1 amide bonds. The Morgan fingerprint density at radius 1 is 1.27 bits per heavy atom. The number of hydrogen-bond acceptors (Lipinski definition) is 4. The number of phenolic OH excluding ortho intramolecular Hbond substituents is 1. The Morgan fingerprint density at radius 2 is 2.09 bits per heavy atom. The number of hydrogen-bond donors (Lipinski definition) is 3. The Hall–Kier alpha value is -2.81. The van der Waals surface area contributed by atoms with Crippen molar-refractivity contribution in [3.8, 4) is 17.0 Å². The van der Waals surface area contributed by atoms with Crippen LogP contribution in [0.4, 0.5) is 0 Å². The Bertz CT molecular complexity index is 1090. The molecule has 2 aliphatic carbocycles. The van der Waals surface area contributed by atoms with Gasteiger partial charge in [-0.2, -0.15) is 0 Å². The molecule has 1 saturated carbocycles. The molecule has 1 fully saturated rings. The summed E-state index contributed by atoms with van der Waals surface area (Å²) in [4.78, 5) is 16.4. The molecule has 5 nitrogen and oxygen atoms in total. The number of allylic oxidation sites excluding steroid dienone is 1. The zero-order chi connectivity index (χ0) is 23.3. The van der Waals surface area contributed by atoms with Crippen molar-refractivity contribution in [2.75, 3.05) is 6.54 Å². The van der Waals surface area contributed by atoms with Gasteiger partial charge in [0.05, 0.1) is 0 Å². The Morgan fingerprint density at radius 3 is 2.88 bits per heavy atom. The Labute approximate surface area is 199 Å². The number of aromatic nitrogens is 1. The van der Waals surface area contributed by atoms with Crippen molar-refractivity contribution >= 4 is 17.5 Å². The Balaban J connectivity index is 1.48. The SMILES string of the molecule is O=C(C=CC[C@]12CC[C@@](O)(C#CCl)C[C@@H]1CCc1cc(O)ccc12)NCCc1ccncc1. The maximum Gasteiger partial charge on any atom is 0.243 e. The standard InChI is InChI=1S/C27H29ClN2O3/c28-14-13-26(33)11-12-27(22(19-26)4-3-21-18-23(31)5-6-24(21)27)10-1-2-25(32)30-17-9-20-7-15-29-16-8-20/h1-2,5-8,15-16,18,22,31,33H,3-4,9-12,17,19H2,(H,30,32)/t22-,26+,27-/m0/s1. The zero-order valence-electron chi connectivity index (χ0n) is 18.6. The van der Waals surface area contributed by atoms with E-state index in [-0.39, 0.29) is 23.0 Å². The topological polar surface area (TPSA) is 82.5 Å². The summed E-state index contributed by atoms with van der Waals surface area (Å²) in [6, 6.07) is 9.48. The Kier molecular flexibility index (Phi) is 7.07. The van der Waals surface area contributed by atoms with E-state index < -0.39 is 5.60 Å². The van der Waals surface area contributed by atoms with Crippen LogP contribution in [0.5, 0.6) is 5.75 Å². The highest BCUT2D eigenvalue weighted by Gasteiger charge is 2.50. The second-order valence-electron chi connectivity index (χ2n) is 9.19. The first-order valence-corrected chi connectivity index (χ1v) is 11.8. The van der Waals surface area contributed by atoms with E-state index >= 15 is 0 Å². The van der Waals surface area contributed by atoms with Gasteiger partial charge >= 0.3 is 0 Å². The number of amides is 1. The lowest BCUT2D eigenvalue weighted by Crippen LogP contribution is -2.49. The lowest BCUT2D eigenvalue weighted by molar-refractivity contribution is -0.116. The van der Waals surface area contributed by atoms with Crippen molar-refractivity contribution in [2.24, 2.45) is 5.92 Å². The van der Waals surface area contributed by atoms with Gasteiger partial charge in [0.2, 0.25) is 5.91 Å². The number of pyridine rings is 1. The van der Waals surface area contributed by atoms with Gasteiger partial charge in [-0.1, -0.05) is 18.1 Å². The van der Waals surface area contributed by atoms with Gasteiger partial charge in [-0.25, -0.2) is 0 Å². The number of fused-ring (bicyclic) bond motifs is 3. The van der Waals surface area contributed by atoms with Crippen LogP contribution in [0.3, 0.4) is 0 Å². The average molecular weight is 465 g/mol. The lowest BCUT2D eigenvalue weighted by Gasteiger charge is -2.52. The van der Waals surface area contributed by atoms with E-state index in [1.54, 1.807) is 24.5 Å². The number of nitrogens with one attached hydrogen (secondary N) is 1. The second kappa shape index (κ2) is 9.99. The average Bonchev–Trinajstić information content (AvgIpc) is 2.80. The van der Waals surface area contributed by atoms with Crippen molar-refractivity contribution in [3.05, 3.63) is 71.6 Å². The molecule has 33 heavy (non-hydrogen) atoms. The summed E-state index contributed by atoms with van der Waals surface area (Å²) in [6.45, 7) is 0.563. The quantitative estimate of drug-likeness (QED) is 0.445. The van der Waals surface area contributed by atoms with E-state index in [1.165, 1.54) is 5.56 Å². The number of aliphatic hydroxyl groups is 1. The normalized spacial score (nSPS) is 26.1. The maximum atomic E-state index is 12.4. The fourth-order valence-electron chi connectivity index (χ4n) is 5.57. The number of benzene rings is 1. The number of phenols is 1. The van der Waals surface area contributed by atoms with Crippen LogP contribution < -0.4 is 5.32 Å². The highest BCUT2D eigenvalue weighted by atomic mass is 35.5.